The minimum atomic E-state index is -2.13. The van der Waals surface area contributed by atoms with Crippen molar-refractivity contribution < 1.29 is 23.1 Å². The summed E-state index contributed by atoms with van der Waals surface area (Å²) in [6.45, 7) is 17.5. The van der Waals surface area contributed by atoms with E-state index in [0.29, 0.717) is 25.2 Å². The number of aromatic nitrogens is 2. The second-order valence-corrected chi connectivity index (χ2v) is 17.7. The lowest BCUT2D eigenvalue weighted by Crippen LogP contribution is -2.59. The van der Waals surface area contributed by atoms with E-state index in [1.807, 2.05) is 26.8 Å². The van der Waals surface area contributed by atoms with E-state index >= 15 is 0 Å². The molecule has 0 saturated carbocycles. The van der Waals surface area contributed by atoms with Crippen molar-refractivity contribution in [3.05, 3.63) is 46.7 Å². The van der Waals surface area contributed by atoms with Gasteiger partial charge in [0.05, 0.1) is 29.7 Å². The number of carbonyl (C=O) groups excluding carboxylic acids is 2. The Hall–Kier alpha value is -2.57. The van der Waals surface area contributed by atoms with Crippen LogP contribution in [0.15, 0.2) is 35.2 Å². The zero-order chi connectivity index (χ0) is 29.2. The highest BCUT2D eigenvalue weighted by atomic mass is 79.9. The van der Waals surface area contributed by atoms with Crippen LogP contribution < -0.4 is 15.5 Å². The van der Waals surface area contributed by atoms with Gasteiger partial charge in [-0.1, -0.05) is 20.8 Å². The molecule has 2 atom stereocenters. The third-order valence-electron chi connectivity index (χ3n) is 6.93. The van der Waals surface area contributed by atoms with Crippen LogP contribution in [0.2, 0.25) is 18.1 Å². The molecule has 0 spiro atoms. The molecule has 1 fully saturated rings. The number of rotatable bonds is 6. The zero-order valence-corrected chi connectivity index (χ0v) is 26.5. The molecule has 3 rings (SSSR count). The van der Waals surface area contributed by atoms with Crippen molar-refractivity contribution in [2.45, 2.75) is 83.8 Å². The molecule has 1 saturated heterocycles. The summed E-state index contributed by atoms with van der Waals surface area (Å²) in [4.78, 5) is 35.9. The van der Waals surface area contributed by atoms with E-state index in [1.54, 1.807) is 12.4 Å². The molecule has 39 heavy (non-hydrogen) atoms. The van der Waals surface area contributed by atoms with E-state index in [0.717, 1.165) is 5.69 Å². The molecule has 0 unspecified atom stereocenters. The first-order valence-electron chi connectivity index (χ1n) is 13.0. The van der Waals surface area contributed by atoms with Gasteiger partial charge in [-0.3, -0.25) is 9.78 Å². The topological polar surface area (TPSA) is 106 Å². The van der Waals surface area contributed by atoms with Crippen LogP contribution in [-0.4, -0.2) is 61.1 Å². The molecule has 1 aliphatic rings. The summed E-state index contributed by atoms with van der Waals surface area (Å²) >= 11 is 3.02. The van der Waals surface area contributed by atoms with E-state index in [9.17, 15) is 14.0 Å². The Balaban J connectivity index is 1.85. The first-order valence-corrected chi connectivity index (χ1v) is 16.7. The number of nitrogens with zero attached hydrogens (tertiary/aromatic N) is 3. The summed E-state index contributed by atoms with van der Waals surface area (Å²) in [5, 5.41) is 5.89. The molecule has 2 amide bonds. The summed E-state index contributed by atoms with van der Waals surface area (Å²) in [6, 6.07) is 3.95. The van der Waals surface area contributed by atoms with Gasteiger partial charge in [-0.15, -0.1) is 0 Å². The van der Waals surface area contributed by atoms with E-state index in [2.05, 4.69) is 75.3 Å². The van der Waals surface area contributed by atoms with Crippen molar-refractivity contribution in [2.75, 3.05) is 23.3 Å². The molecule has 0 aromatic carbocycles. The second kappa shape index (κ2) is 11.9. The van der Waals surface area contributed by atoms with Gasteiger partial charge in [0, 0.05) is 19.3 Å². The van der Waals surface area contributed by atoms with Gasteiger partial charge in [0.1, 0.15) is 15.9 Å². The summed E-state index contributed by atoms with van der Waals surface area (Å²) in [5.74, 6) is -1.05. The predicted molar refractivity (Wildman–Crippen MR) is 156 cm³/mol. The average Bonchev–Trinajstić information content (AvgIpc) is 2.80. The number of alkyl carbamates (subject to hydrolysis) is 1. The molecule has 1 aliphatic heterocycles. The van der Waals surface area contributed by atoms with Gasteiger partial charge >= 0.3 is 6.09 Å². The Kier molecular flexibility index (Phi) is 9.44. The van der Waals surface area contributed by atoms with Crippen molar-refractivity contribution in [3.63, 3.8) is 0 Å². The number of nitrogens with one attached hydrogen (secondary N) is 2. The minimum Gasteiger partial charge on any atom is -0.444 e. The smallest absolute Gasteiger partial charge is 0.408 e. The van der Waals surface area contributed by atoms with Crippen molar-refractivity contribution >= 4 is 47.6 Å². The highest BCUT2D eigenvalue weighted by molar-refractivity contribution is 9.10. The van der Waals surface area contributed by atoms with Crippen molar-refractivity contribution in [1.82, 2.24) is 15.3 Å². The van der Waals surface area contributed by atoms with E-state index < -0.39 is 31.7 Å². The van der Waals surface area contributed by atoms with E-state index in [4.69, 9.17) is 9.16 Å². The predicted octanol–water partition coefficient (Wildman–Crippen LogP) is 6.12. The fourth-order valence-corrected chi connectivity index (χ4v) is 5.65. The molecule has 2 N–H and O–H groups in total. The maximum atomic E-state index is 13.6. The first kappa shape index (κ1) is 31.0. The minimum absolute atomic E-state index is 0.00648. The van der Waals surface area contributed by atoms with E-state index in [1.165, 1.54) is 12.1 Å². The van der Waals surface area contributed by atoms with Crippen molar-refractivity contribution in [1.29, 1.82) is 0 Å². The Morgan fingerprint density at radius 3 is 2.46 bits per heavy atom. The zero-order valence-electron chi connectivity index (χ0n) is 23.9. The van der Waals surface area contributed by atoms with Gasteiger partial charge in [-0.25, -0.2) is 14.2 Å². The number of ether oxygens (including phenoxy) is 1. The fraction of sp³-hybridized carbons (Fsp3) is 0.556. The number of hydrogen-bond donors (Lipinski definition) is 2. The van der Waals surface area contributed by atoms with Gasteiger partial charge in [-0.05, 0) is 79.5 Å². The van der Waals surface area contributed by atoms with Crippen LogP contribution in [0.4, 0.5) is 20.6 Å². The highest BCUT2D eigenvalue weighted by Crippen LogP contribution is 2.39. The van der Waals surface area contributed by atoms with Gasteiger partial charge in [0.25, 0.3) is 5.91 Å². The molecule has 0 bridgehead atoms. The van der Waals surface area contributed by atoms with Crippen LogP contribution >= 0.6 is 15.9 Å². The fourth-order valence-electron chi connectivity index (χ4n) is 3.93. The van der Waals surface area contributed by atoms with Crippen LogP contribution in [0, 0.1) is 5.82 Å². The molecule has 2 aromatic heterocycles. The number of amides is 2. The number of piperidine rings is 1. The monoisotopic (exact) mass is 623 g/mol. The quantitative estimate of drug-likeness (QED) is 0.295. The average molecular weight is 625 g/mol. The SMILES string of the molecule is CC(C)(C)OC(=O)N[C@@H]1CN(c2ccncc2NC(=O)c2ccc(F)c(Br)n2)CC[C@H]1O[Si](C)(C)C(C)(C)C. The summed E-state index contributed by atoms with van der Waals surface area (Å²) < 4.78 is 25.9. The third-order valence-corrected chi connectivity index (χ3v) is 12.0. The number of hydrogen-bond acceptors (Lipinski definition) is 7. The Morgan fingerprint density at radius 2 is 1.85 bits per heavy atom. The molecular weight excluding hydrogens is 585 g/mol. The first-order chi connectivity index (χ1) is 18.0. The lowest BCUT2D eigenvalue weighted by molar-refractivity contribution is 0.0414. The number of carbonyl (C=O) groups is 2. The summed E-state index contributed by atoms with van der Waals surface area (Å²) in [5.41, 5.74) is 0.634. The number of anilines is 2. The van der Waals surface area contributed by atoms with E-state index in [-0.39, 0.29) is 27.5 Å². The number of halogens is 2. The number of pyridine rings is 2. The van der Waals surface area contributed by atoms with Gasteiger partial charge in [-0.2, -0.15) is 0 Å². The maximum absolute atomic E-state index is 13.6. The molecule has 214 valence electrons. The standard InChI is InChI=1S/C27H39BrFN5O4Si/c1-26(2,3)37-25(36)33-20-16-34(14-12-22(20)38-39(7,8)27(4,5)6)21-11-13-30-15-19(21)32-24(35)18-10-9-17(29)23(28)31-18/h9-11,13,15,20,22H,12,14,16H2,1-8H3,(H,32,35)(H,33,36)/t20-,22-/m1/s1. The lowest BCUT2D eigenvalue weighted by atomic mass is 10.0. The molecule has 0 radical (unpaired) electrons. The summed E-state index contributed by atoms with van der Waals surface area (Å²) in [6.07, 6.45) is 3.16. The molecule has 3 heterocycles. The van der Waals surface area contributed by atoms with Crippen LogP contribution in [0.5, 0.6) is 0 Å². The Labute approximate surface area is 239 Å². The van der Waals surface area contributed by atoms with Crippen molar-refractivity contribution in [3.8, 4) is 0 Å². The molecule has 0 aliphatic carbocycles. The normalized spacial score (nSPS) is 18.5. The lowest BCUT2D eigenvalue weighted by Gasteiger charge is -2.46. The Morgan fingerprint density at radius 1 is 1.15 bits per heavy atom. The molecule has 9 nitrogen and oxygen atoms in total. The van der Waals surface area contributed by atoms with Crippen LogP contribution in [-0.2, 0) is 9.16 Å². The van der Waals surface area contributed by atoms with Gasteiger partial charge in [0.2, 0.25) is 0 Å². The molecule has 12 heteroatoms. The van der Waals surface area contributed by atoms with Gasteiger partial charge < -0.3 is 24.7 Å². The summed E-state index contributed by atoms with van der Waals surface area (Å²) in [7, 11) is -2.13. The van der Waals surface area contributed by atoms with Crippen molar-refractivity contribution in [2.24, 2.45) is 0 Å². The molecule has 2 aromatic rings. The van der Waals surface area contributed by atoms with Crippen LogP contribution in [0.25, 0.3) is 0 Å². The van der Waals surface area contributed by atoms with Gasteiger partial charge in [0.15, 0.2) is 14.1 Å². The third kappa shape index (κ3) is 8.21. The largest absolute Gasteiger partial charge is 0.444 e. The highest BCUT2D eigenvalue weighted by Gasteiger charge is 2.43. The maximum Gasteiger partial charge on any atom is 0.408 e. The van der Waals surface area contributed by atoms with Crippen LogP contribution in [0.3, 0.4) is 0 Å². The van der Waals surface area contributed by atoms with Crippen LogP contribution in [0.1, 0.15) is 58.5 Å². The molecular formula is C27H39BrFN5O4Si. The Bertz CT molecular complexity index is 1200. The second-order valence-electron chi connectivity index (χ2n) is 12.2.